The fraction of sp³-hybridized carbons (Fsp3) is 0.481. The molecule has 0 radical (unpaired) electrons. The quantitative estimate of drug-likeness (QED) is 0.305. The number of nitriles is 1. The normalized spacial score (nSPS) is 17.6. The number of piperidine rings is 1. The zero-order valence-corrected chi connectivity index (χ0v) is 25.2. The van der Waals surface area contributed by atoms with Gasteiger partial charge in [0.05, 0.1) is 53.3 Å². The van der Waals surface area contributed by atoms with Crippen LogP contribution in [0.15, 0.2) is 35.4 Å². The number of anilines is 3. The molecular weight excluding hydrogens is 582 g/mol. The number of hydrogen-bond acceptors (Lipinski definition) is 11. The summed E-state index contributed by atoms with van der Waals surface area (Å²) in [5.74, 6) is 0.618. The third-order valence-electron chi connectivity index (χ3n) is 7.61. The van der Waals surface area contributed by atoms with Crippen molar-refractivity contribution >= 4 is 48.1 Å². The number of nitrogens with one attached hydrogen (secondary N) is 3. The molecule has 2 aliphatic rings. The number of rotatable bonds is 10. The SMILES string of the molecule is COc1cc(S(=O)(=O)N2CCC(N3CCOCC3)CC2)ccc1Nc1cc(NCCS(C)(=O)=O)c2c(C#N)c[nH]c2n1. The lowest BCUT2D eigenvalue weighted by atomic mass is 10.0. The second-order valence-electron chi connectivity index (χ2n) is 10.4. The van der Waals surface area contributed by atoms with Crippen molar-refractivity contribution in [2.24, 2.45) is 0 Å². The number of benzene rings is 1. The number of aromatic amines is 1. The van der Waals surface area contributed by atoms with Crippen LogP contribution >= 0.6 is 0 Å². The van der Waals surface area contributed by atoms with Gasteiger partial charge < -0.3 is 25.1 Å². The standard InChI is InChI=1S/C27H35N7O6S2/c1-39-24-15-21(42(37,38)34-8-5-20(6-9-34)33-10-12-40-13-11-33)3-4-22(24)31-25-16-23(29-7-14-41(2,35)36)26-19(17-28)18-30-27(26)32-25/h3-4,15-16,18,20H,5-14H2,1-2H3,(H3,29,30,31,32). The maximum Gasteiger partial charge on any atom is 0.243 e. The number of nitrogens with zero attached hydrogens (tertiary/aromatic N) is 4. The minimum Gasteiger partial charge on any atom is -0.495 e. The van der Waals surface area contributed by atoms with Gasteiger partial charge >= 0.3 is 0 Å². The van der Waals surface area contributed by atoms with Crippen molar-refractivity contribution in [3.8, 4) is 11.8 Å². The van der Waals surface area contributed by atoms with E-state index in [1.165, 1.54) is 23.7 Å². The van der Waals surface area contributed by atoms with Crippen molar-refractivity contribution in [2.75, 3.05) is 75.7 Å². The topological polar surface area (TPSA) is 170 Å². The molecule has 15 heteroatoms. The van der Waals surface area contributed by atoms with E-state index in [0.717, 1.165) is 45.4 Å². The van der Waals surface area contributed by atoms with E-state index in [2.05, 4.69) is 31.6 Å². The van der Waals surface area contributed by atoms with Crippen molar-refractivity contribution in [1.82, 2.24) is 19.2 Å². The van der Waals surface area contributed by atoms with Gasteiger partial charge in [-0.15, -0.1) is 0 Å². The summed E-state index contributed by atoms with van der Waals surface area (Å²) in [6.45, 7) is 4.24. The summed E-state index contributed by atoms with van der Waals surface area (Å²) in [5.41, 5.74) is 1.81. The van der Waals surface area contributed by atoms with E-state index in [0.29, 0.717) is 58.7 Å². The molecule has 226 valence electrons. The van der Waals surface area contributed by atoms with E-state index in [1.54, 1.807) is 18.2 Å². The number of pyridine rings is 1. The first-order chi connectivity index (χ1) is 20.1. The molecule has 0 unspecified atom stereocenters. The van der Waals surface area contributed by atoms with Crippen molar-refractivity contribution < 1.29 is 26.3 Å². The Bertz CT molecular complexity index is 1690. The fourth-order valence-electron chi connectivity index (χ4n) is 5.41. The van der Waals surface area contributed by atoms with E-state index in [4.69, 9.17) is 9.47 Å². The summed E-state index contributed by atoms with van der Waals surface area (Å²) >= 11 is 0. The highest BCUT2D eigenvalue weighted by atomic mass is 32.2. The van der Waals surface area contributed by atoms with Gasteiger partial charge in [0.15, 0.2) is 0 Å². The zero-order valence-electron chi connectivity index (χ0n) is 23.6. The molecule has 2 saturated heterocycles. The molecule has 3 aromatic rings. The molecule has 3 N–H and O–H groups in total. The number of fused-ring (bicyclic) bond motifs is 1. The van der Waals surface area contributed by atoms with Gasteiger partial charge in [-0.25, -0.2) is 21.8 Å². The van der Waals surface area contributed by atoms with Gasteiger partial charge in [0.25, 0.3) is 0 Å². The van der Waals surface area contributed by atoms with Crippen LogP contribution in [0.3, 0.4) is 0 Å². The van der Waals surface area contributed by atoms with E-state index >= 15 is 0 Å². The Kier molecular flexibility index (Phi) is 8.90. The Morgan fingerprint density at radius 3 is 2.52 bits per heavy atom. The minimum atomic E-state index is -3.72. The molecule has 0 bridgehead atoms. The average molecular weight is 618 g/mol. The monoisotopic (exact) mass is 617 g/mol. The van der Waals surface area contributed by atoms with Crippen LogP contribution in [0.25, 0.3) is 11.0 Å². The van der Waals surface area contributed by atoms with Crippen molar-refractivity contribution in [2.45, 2.75) is 23.8 Å². The summed E-state index contributed by atoms with van der Waals surface area (Å²) in [6, 6.07) is 8.81. The van der Waals surface area contributed by atoms with Gasteiger partial charge in [-0.05, 0) is 25.0 Å². The highest BCUT2D eigenvalue weighted by Gasteiger charge is 2.32. The van der Waals surface area contributed by atoms with Gasteiger partial charge in [-0.1, -0.05) is 0 Å². The zero-order chi connectivity index (χ0) is 29.9. The Labute approximate surface area is 245 Å². The third-order valence-corrected chi connectivity index (χ3v) is 10.5. The Hall–Kier alpha value is -3.42. The molecule has 0 amide bonds. The highest BCUT2D eigenvalue weighted by molar-refractivity contribution is 7.90. The number of morpholine rings is 1. The molecule has 2 aliphatic heterocycles. The van der Waals surface area contributed by atoms with Crippen LogP contribution in [-0.2, 0) is 24.6 Å². The fourth-order valence-corrected chi connectivity index (χ4v) is 7.37. The molecule has 0 saturated carbocycles. The molecular formula is C27H35N7O6S2. The van der Waals surface area contributed by atoms with Crippen LogP contribution in [-0.4, -0.2) is 107 Å². The van der Waals surface area contributed by atoms with Gasteiger partial charge in [0.1, 0.15) is 33.1 Å². The first-order valence-electron chi connectivity index (χ1n) is 13.7. The number of H-pyrrole nitrogens is 1. The highest BCUT2D eigenvalue weighted by Crippen LogP contribution is 2.34. The van der Waals surface area contributed by atoms with Crippen molar-refractivity contribution in [3.05, 3.63) is 36.0 Å². The van der Waals surface area contributed by atoms with Crippen LogP contribution in [0.1, 0.15) is 18.4 Å². The predicted molar refractivity (Wildman–Crippen MR) is 159 cm³/mol. The van der Waals surface area contributed by atoms with Gasteiger partial charge in [0.2, 0.25) is 10.0 Å². The molecule has 0 aliphatic carbocycles. The Balaban J connectivity index is 1.34. The first-order valence-corrected chi connectivity index (χ1v) is 17.2. The number of aromatic nitrogens is 2. The van der Waals surface area contributed by atoms with E-state index in [9.17, 15) is 22.1 Å². The largest absolute Gasteiger partial charge is 0.495 e. The lowest BCUT2D eigenvalue weighted by molar-refractivity contribution is 0.00610. The molecule has 2 aromatic heterocycles. The lowest BCUT2D eigenvalue weighted by Gasteiger charge is -2.39. The molecule has 2 fully saturated rings. The van der Waals surface area contributed by atoms with Gasteiger partial charge in [-0.2, -0.15) is 9.57 Å². The number of sulfone groups is 1. The van der Waals surface area contributed by atoms with E-state index in [1.807, 2.05) is 0 Å². The van der Waals surface area contributed by atoms with E-state index in [-0.39, 0.29) is 17.2 Å². The molecule has 1 aromatic carbocycles. The number of methoxy groups -OCH3 is 1. The number of ether oxygens (including phenoxy) is 2. The summed E-state index contributed by atoms with van der Waals surface area (Å²) in [6.07, 6.45) is 4.24. The van der Waals surface area contributed by atoms with Gasteiger partial charge in [-0.3, -0.25) is 4.90 Å². The van der Waals surface area contributed by atoms with Crippen molar-refractivity contribution in [1.29, 1.82) is 5.26 Å². The maximum absolute atomic E-state index is 13.5. The summed E-state index contributed by atoms with van der Waals surface area (Å²) in [4.78, 5) is 10.1. The second-order valence-corrected chi connectivity index (χ2v) is 14.6. The van der Waals surface area contributed by atoms with Crippen LogP contribution in [0.2, 0.25) is 0 Å². The van der Waals surface area contributed by atoms with Crippen LogP contribution < -0.4 is 15.4 Å². The summed E-state index contributed by atoms with van der Waals surface area (Å²) < 4.78 is 62.8. The second kappa shape index (κ2) is 12.4. The Morgan fingerprint density at radius 1 is 1.12 bits per heavy atom. The number of hydrogen-bond donors (Lipinski definition) is 3. The Morgan fingerprint density at radius 2 is 1.86 bits per heavy atom. The maximum atomic E-state index is 13.5. The van der Waals surface area contributed by atoms with Crippen LogP contribution in [0.5, 0.6) is 5.75 Å². The summed E-state index contributed by atoms with van der Waals surface area (Å²) in [5, 5.41) is 16.3. The molecule has 13 nitrogen and oxygen atoms in total. The average Bonchev–Trinajstić information content (AvgIpc) is 3.40. The van der Waals surface area contributed by atoms with Crippen molar-refractivity contribution in [3.63, 3.8) is 0 Å². The predicted octanol–water partition coefficient (Wildman–Crippen LogP) is 2.13. The smallest absolute Gasteiger partial charge is 0.243 e. The molecule has 42 heavy (non-hydrogen) atoms. The summed E-state index contributed by atoms with van der Waals surface area (Å²) in [7, 11) is -5.45. The first kappa shape index (κ1) is 30.1. The molecule has 0 spiro atoms. The number of sulfonamides is 1. The molecule has 4 heterocycles. The third kappa shape index (κ3) is 6.63. The molecule has 5 rings (SSSR count). The van der Waals surface area contributed by atoms with Crippen LogP contribution in [0.4, 0.5) is 17.2 Å². The van der Waals surface area contributed by atoms with Gasteiger partial charge in [0, 0.05) is 63.4 Å². The van der Waals surface area contributed by atoms with Crippen LogP contribution in [0, 0.1) is 11.3 Å². The lowest BCUT2D eigenvalue weighted by Crippen LogP contribution is -2.50. The molecule has 0 atom stereocenters. The minimum absolute atomic E-state index is 0.0828. The van der Waals surface area contributed by atoms with E-state index < -0.39 is 19.9 Å².